The molecule has 1 amide bonds. The fraction of sp³-hybridized carbons (Fsp3) is 0.929. The van der Waals surface area contributed by atoms with Crippen LogP contribution in [0.2, 0.25) is 0 Å². The van der Waals surface area contributed by atoms with Crippen LogP contribution in [0, 0.1) is 5.92 Å². The molecule has 1 saturated heterocycles. The van der Waals surface area contributed by atoms with Crippen LogP contribution in [0.15, 0.2) is 0 Å². The Hall–Kier alpha value is -0.610. The molecule has 1 aliphatic carbocycles. The molecule has 4 nitrogen and oxygen atoms in total. The third-order valence-corrected chi connectivity index (χ3v) is 4.36. The first kappa shape index (κ1) is 13.8. The first-order valence-electron chi connectivity index (χ1n) is 7.36. The van der Waals surface area contributed by atoms with Crippen LogP contribution in [0.3, 0.4) is 0 Å². The maximum atomic E-state index is 11.9. The minimum Gasteiger partial charge on any atom is -0.352 e. The number of nitrogens with one attached hydrogen (secondary N) is 2. The summed E-state index contributed by atoms with van der Waals surface area (Å²) < 4.78 is 0. The van der Waals surface area contributed by atoms with Crippen molar-refractivity contribution in [1.82, 2.24) is 15.5 Å². The summed E-state index contributed by atoms with van der Waals surface area (Å²) in [7, 11) is 2.15. The zero-order valence-electron chi connectivity index (χ0n) is 11.7. The van der Waals surface area contributed by atoms with Crippen molar-refractivity contribution in [1.29, 1.82) is 0 Å². The number of carbonyl (C=O) groups excluding carboxylic acids is 1. The Morgan fingerprint density at radius 2 is 2.00 bits per heavy atom. The lowest BCUT2D eigenvalue weighted by Gasteiger charge is -2.35. The second-order valence-corrected chi connectivity index (χ2v) is 6.06. The summed E-state index contributed by atoms with van der Waals surface area (Å²) in [6.07, 6.45) is 6.17. The van der Waals surface area contributed by atoms with Crippen molar-refractivity contribution >= 4 is 5.91 Å². The van der Waals surface area contributed by atoms with Crippen LogP contribution >= 0.6 is 0 Å². The van der Waals surface area contributed by atoms with Gasteiger partial charge in [0.2, 0.25) is 5.91 Å². The van der Waals surface area contributed by atoms with Crippen LogP contribution in [0.5, 0.6) is 0 Å². The molecule has 2 aliphatic rings. The maximum absolute atomic E-state index is 11.9. The summed E-state index contributed by atoms with van der Waals surface area (Å²) >= 11 is 0. The molecule has 0 aromatic heterocycles. The average molecular weight is 253 g/mol. The molecule has 2 rings (SSSR count). The van der Waals surface area contributed by atoms with E-state index < -0.39 is 0 Å². The van der Waals surface area contributed by atoms with Crippen LogP contribution in [0.25, 0.3) is 0 Å². The number of carbonyl (C=O) groups is 1. The molecular weight excluding hydrogens is 226 g/mol. The number of nitrogens with zero attached hydrogens (tertiary/aromatic N) is 1. The summed E-state index contributed by atoms with van der Waals surface area (Å²) in [5, 5.41) is 6.56. The second kappa shape index (κ2) is 6.53. The van der Waals surface area contributed by atoms with Gasteiger partial charge >= 0.3 is 0 Å². The molecule has 1 heterocycles. The molecule has 0 spiro atoms. The summed E-state index contributed by atoms with van der Waals surface area (Å²) in [6, 6.07) is 0.935. The number of hydrogen-bond donors (Lipinski definition) is 2. The number of amides is 1. The van der Waals surface area contributed by atoms with Crippen molar-refractivity contribution in [2.75, 3.05) is 26.7 Å². The van der Waals surface area contributed by atoms with Crippen molar-refractivity contribution in [3.63, 3.8) is 0 Å². The minimum absolute atomic E-state index is 0.170. The molecule has 2 atom stereocenters. The van der Waals surface area contributed by atoms with Crippen molar-refractivity contribution < 1.29 is 4.79 Å². The van der Waals surface area contributed by atoms with Crippen molar-refractivity contribution in [2.24, 2.45) is 5.92 Å². The maximum Gasteiger partial charge on any atom is 0.234 e. The van der Waals surface area contributed by atoms with Gasteiger partial charge in [-0.15, -0.1) is 0 Å². The predicted molar refractivity (Wildman–Crippen MR) is 73.5 cm³/mol. The van der Waals surface area contributed by atoms with Crippen LogP contribution in [0.4, 0.5) is 0 Å². The SMILES string of the molecule is CC1CN(C)CCC1NC(=O)CNC1CCCC1. The Kier molecular flexibility index (Phi) is 5.01. The van der Waals surface area contributed by atoms with E-state index in [9.17, 15) is 4.79 Å². The van der Waals surface area contributed by atoms with E-state index in [-0.39, 0.29) is 5.91 Å². The van der Waals surface area contributed by atoms with E-state index in [1.165, 1.54) is 25.7 Å². The largest absolute Gasteiger partial charge is 0.352 e. The van der Waals surface area contributed by atoms with Crippen molar-refractivity contribution in [3.8, 4) is 0 Å². The normalized spacial score (nSPS) is 30.6. The lowest BCUT2D eigenvalue weighted by atomic mass is 9.94. The Morgan fingerprint density at radius 1 is 1.28 bits per heavy atom. The quantitative estimate of drug-likeness (QED) is 0.785. The van der Waals surface area contributed by atoms with Gasteiger partial charge in [0.25, 0.3) is 0 Å². The average Bonchev–Trinajstić information content (AvgIpc) is 2.83. The molecule has 2 unspecified atom stereocenters. The van der Waals surface area contributed by atoms with E-state index in [0.717, 1.165) is 19.5 Å². The minimum atomic E-state index is 0.170. The molecule has 2 N–H and O–H groups in total. The number of rotatable bonds is 4. The van der Waals surface area contributed by atoms with E-state index in [2.05, 4.69) is 29.5 Å². The summed E-state index contributed by atoms with van der Waals surface area (Å²) in [5.74, 6) is 0.725. The molecule has 0 aromatic rings. The predicted octanol–water partition coefficient (Wildman–Crippen LogP) is 0.975. The van der Waals surface area contributed by atoms with Gasteiger partial charge in [0.1, 0.15) is 0 Å². The van der Waals surface area contributed by atoms with Gasteiger partial charge in [-0.05, 0) is 38.8 Å². The van der Waals surface area contributed by atoms with Crippen LogP contribution in [-0.2, 0) is 4.79 Å². The van der Waals surface area contributed by atoms with Gasteiger partial charge in [-0.1, -0.05) is 19.8 Å². The Balaban J connectivity index is 1.66. The van der Waals surface area contributed by atoms with Gasteiger partial charge in [-0.25, -0.2) is 0 Å². The molecule has 1 aliphatic heterocycles. The van der Waals surface area contributed by atoms with Crippen LogP contribution in [-0.4, -0.2) is 49.6 Å². The molecule has 0 radical (unpaired) electrons. The number of piperidine rings is 1. The third kappa shape index (κ3) is 3.95. The molecule has 0 aromatic carbocycles. The smallest absolute Gasteiger partial charge is 0.234 e. The number of likely N-dealkylation sites (tertiary alicyclic amines) is 1. The number of hydrogen-bond acceptors (Lipinski definition) is 3. The second-order valence-electron chi connectivity index (χ2n) is 6.06. The molecule has 104 valence electrons. The zero-order chi connectivity index (χ0) is 13.0. The van der Waals surface area contributed by atoms with Gasteiger partial charge in [0, 0.05) is 18.6 Å². The highest BCUT2D eigenvalue weighted by atomic mass is 16.2. The van der Waals surface area contributed by atoms with Gasteiger partial charge in [0.15, 0.2) is 0 Å². The van der Waals surface area contributed by atoms with E-state index in [1.807, 2.05) is 0 Å². The molecule has 0 bridgehead atoms. The summed E-state index contributed by atoms with van der Waals surface area (Å²) in [5.41, 5.74) is 0. The van der Waals surface area contributed by atoms with E-state index in [0.29, 0.717) is 24.5 Å². The van der Waals surface area contributed by atoms with Crippen LogP contribution in [0.1, 0.15) is 39.0 Å². The monoisotopic (exact) mass is 253 g/mol. The zero-order valence-corrected chi connectivity index (χ0v) is 11.7. The Bertz CT molecular complexity index is 276. The first-order chi connectivity index (χ1) is 8.65. The van der Waals surface area contributed by atoms with E-state index in [1.54, 1.807) is 0 Å². The van der Waals surface area contributed by atoms with Crippen LogP contribution < -0.4 is 10.6 Å². The van der Waals surface area contributed by atoms with E-state index in [4.69, 9.17) is 0 Å². The highest BCUT2D eigenvalue weighted by Crippen LogP contribution is 2.17. The first-order valence-corrected chi connectivity index (χ1v) is 7.36. The lowest BCUT2D eigenvalue weighted by Crippen LogP contribution is -2.51. The lowest BCUT2D eigenvalue weighted by molar-refractivity contribution is -0.121. The molecule has 4 heteroatoms. The summed E-state index contributed by atoms with van der Waals surface area (Å²) in [6.45, 7) is 4.89. The van der Waals surface area contributed by atoms with Crippen molar-refractivity contribution in [2.45, 2.75) is 51.1 Å². The highest BCUT2D eigenvalue weighted by Gasteiger charge is 2.25. The Labute approximate surface area is 110 Å². The fourth-order valence-corrected chi connectivity index (χ4v) is 3.19. The van der Waals surface area contributed by atoms with Gasteiger partial charge in [-0.3, -0.25) is 4.79 Å². The third-order valence-electron chi connectivity index (χ3n) is 4.36. The fourth-order valence-electron chi connectivity index (χ4n) is 3.19. The van der Waals surface area contributed by atoms with Crippen molar-refractivity contribution in [3.05, 3.63) is 0 Å². The van der Waals surface area contributed by atoms with Gasteiger partial charge in [0.05, 0.1) is 6.54 Å². The highest BCUT2D eigenvalue weighted by molar-refractivity contribution is 5.78. The Morgan fingerprint density at radius 3 is 2.67 bits per heavy atom. The van der Waals surface area contributed by atoms with Gasteiger partial charge < -0.3 is 15.5 Å². The molecule has 1 saturated carbocycles. The molecular formula is C14H27N3O. The standard InChI is InChI=1S/C14H27N3O/c1-11-10-17(2)8-7-13(11)16-14(18)9-15-12-5-3-4-6-12/h11-13,15H,3-10H2,1-2H3,(H,16,18). The molecule has 2 fully saturated rings. The summed E-state index contributed by atoms with van der Waals surface area (Å²) in [4.78, 5) is 14.2. The molecule has 18 heavy (non-hydrogen) atoms. The van der Waals surface area contributed by atoms with Gasteiger partial charge in [-0.2, -0.15) is 0 Å². The van der Waals surface area contributed by atoms with E-state index >= 15 is 0 Å². The topological polar surface area (TPSA) is 44.4 Å².